The maximum atomic E-state index is 11.3. The third-order valence-corrected chi connectivity index (χ3v) is 3.47. The average molecular weight is 289 g/mol. The van der Waals surface area contributed by atoms with Crippen LogP contribution < -0.4 is 4.74 Å². The lowest BCUT2D eigenvalue weighted by molar-refractivity contribution is 0.112. The minimum atomic E-state index is 0.341. The molecule has 0 aliphatic carbocycles. The Balaban J connectivity index is 2.29. The highest BCUT2D eigenvalue weighted by Gasteiger charge is 2.14. The highest BCUT2D eigenvalue weighted by Crippen LogP contribution is 2.33. The van der Waals surface area contributed by atoms with Gasteiger partial charge in [0, 0.05) is 11.1 Å². The Morgan fingerprint density at radius 2 is 1.50 bits per heavy atom. The molecule has 3 rings (SSSR count). The summed E-state index contributed by atoms with van der Waals surface area (Å²) in [6, 6.07) is 21.6. The van der Waals surface area contributed by atoms with Crippen LogP contribution in [-0.2, 0) is 0 Å². The first kappa shape index (κ1) is 14.0. The van der Waals surface area contributed by atoms with Crippen molar-refractivity contribution in [3.05, 3.63) is 72.3 Å². The van der Waals surface area contributed by atoms with Gasteiger partial charge in [0.25, 0.3) is 0 Å². The molecule has 2 aromatic carbocycles. The largest absolute Gasteiger partial charge is 0.480 e. The van der Waals surface area contributed by atoms with E-state index in [0.29, 0.717) is 11.4 Å². The lowest BCUT2D eigenvalue weighted by Gasteiger charge is -2.13. The Bertz CT molecular complexity index is 783. The molecular weight excluding hydrogens is 274 g/mol. The van der Waals surface area contributed by atoms with E-state index in [-0.39, 0.29) is 0 Å². The van der Waals surface area contributed by atoms with Crippen molar-refractivity contribution in [1.82, 2.24) is 4.98 Å². The van der Waals surface area contributed by atoms with Crippen LogP contribution in [0.3, 0.4) is 0 Å². The molecule has 1 heterocycles. The van der Waals surface area contributed by atoms with Crippen molar-refractivity contribution in [3.63, 3.8) is 0 Å². The van der Waals surface area contributed by atoms with Gasteiger partial charge in [-0.05, 0) is 11.6 Å². The molecule has 1 aromatic heterocycles. The molecular formula is C19H15NO2. The molecule has 0 saturated carbocycles. The van der Waals surface area contributed by atoms with E-state index >= 15 is 0 Å². The number of nitrogens with zero attached hydrogens (tertiary/aromatic N) is 1. The molecule has 0 amide bonds. The van der Waals surface area contributed by atoms with Gasteiger partial charge in [-0.15, -0.1) is 0 Å². The lowest BCUT2D eigenvalue weighted by atomic mass is 9.98. The monoisotopic (exact) mass is 289 g/mol. The normalized spacial score (nSPS) is 10.2. The first-order chi connectivity index (χ1) is 10.8. The Hall–Kier alpha value is -2.94. The maximum Gasteiger partial charge on any atom is 0.224 e. The first-order valence-corrected chi connectivity index (χ1v) is 6.98. The second kappa shape index (κ2) is 6.22. The Kier molecular flexibility index (Phi) is 3.97. The van der Waals surface area contributed by atoms with E-state index in [9.17, 15) is 4.79 Å². The SMILES string of the molecule is COc1nc(-c2ccccc2)c(-c2ccccc2)cc1C=O. The number of pyridine rings is 1. The molecule has 0 fully saturated rings. The fraction of sp³-hybridized carbons (Fsp3) is 0.0526. The van der Waals surface area contributed by atoms with Crippen molar-refractivity contribution in [1.29, 1.82) is 0 Å². The molecule has 3 heteroatoms. The van der Waals surface area contributed by atoms with Crippen LogP contribution in [0.2, 0.25) is 0 Å². The van der Waals surface area contributed by atoms with Gasteiger partial charge < -0.3 is 4.74 Å². The summed E-state index contributed by atoms with van der Waals surface area (Å²) in [5.41, 5.74) is 4.15. The van der Waals surface area contributed by atoms with Gasteiger partial charge in [-0.1, -0.05) is 60.7 Å². The molecule has 3 aromatic rings. The van der Waals surface area contributed by atoms with Gasteiger partial charge in [-0.25, -0.2) is 4.98 Å². The highest BCUT2D eigenvalue weighted by atomic mass is 16.5. The Morgan fingerprint density at radius 3 is 2.05 bits per heavy atom. The lowest BCUT2D eigenvalue weighted by Crippen LogP contribution is -1.98. The van der Waals surface area contributed by atoms with Gasteiger partial charge in [0.1, 0.15) is 0 Å². The number of rotatable bonds is 4. The fourth-order valence-corrected chi connectivity index (χ4v) is 2.41. The van der Waals surface area contributed by atoms with Crippen LogP contribution in [0.1, 0.15) is 10.4 Å². The van der Waals surface area contributed by atoms with Gasteiger partial charge in [0.2, 0.25) is 5.88 Å². The Labute approximate surface area is 129 Å². The van der Waals surface area contributed by atoms with E-state index in [4.69, 9.17) is 4.74 Å². The van der Waals surface area contributed by atoms with Crippen LogP contribution in [0, 0.1) is 0 Å². The van der Waals surface area contributed by atoms with E-state index < -0.39 is 0 Å². The van der Waals surface area contributed by atoms with Gasteiger partial charge in [0.05, 0.1) is 18.4 Å². The highest BCUT2D eigenvalue weighted by molar-refractivity contribution is 5.88. The molecule has 22 heavy (non-hydrogen) atoms. The third kappa shape index (κ3) is 2.61. The molecule has 0 atom stereocenters. The van der Waals surface area contributed by atoms with Crippen molar-refractivity contribution >= 4 is 6.29 Å². The zero-order valence-electron chi connectivity index (χ0n) is 12.2. The zero-order chi connectivity index (χ0) is 15.4. The number of carbonyl (C=O) groups is 1. The summed E-state index contributed by atoms with van der Waals surface area (Å²) >= 11 is 0. The van der Waals surface area contributed by atoms with E-state index in [1.807, 2.05) is 66.7 Å². The first-order valence-electron chi connectivity index (χ1n) is 6.98. The number of hydrogen-bond donors (Lipinski definition) is 0. The average Bonchev–Trinajstić information content (AvgIpc) is 2.62. The quantitative estimate of drug-likeness (QED) is 0.674. The van der Waals surface area contributed by atoms with Gasteiger partial charge in [-0.2, -0.15) is 0 Å². The summed E-state index contributed by atoms with van der Waals surface area (Å²) in [6.45, 7) is 0. The fourth-order valence-electron chi connectivity index (χ4n) is 2.41. The number of hydrogen-bond acceptors (Lipinski definition) is 3. The topological polar surface area (TPSA) is 39.2 Å². The van der Waals surface area contributed by atoms with Gasteiger partial charge in [-0.3, -0.25) is 4.79 Å². The molecule has 108 valence electrons. The van der Waals surface area contributed by atoms with E-state index in [1.165, 1.54) is 7.11 Å². The minimum absolute atomic E-state index is 0.341. The summed E-state index contributed by atoms with van der Waals surface area (Å²) in [6.07, 6.45) is 0.771. The summed E-state index contributed by atoms with van der Waals surface area (Å²) in [5.74, 6) is 0.341. The molecule has 3 nitrogen and oxygen atoms in total. The maximum absolute atomic E-state index is 11.3. The van der Waals surface area contributed by atoms with E-state index in [0.717, 1.165) is 28.7 Å². The predicted molar refractivity (Wildman–Crippen MR) is 87.0 cm³/mol. The number of benzene rings is 2. The van der Waals surface area contributed by atoms with Crippen LogP contribution in [0.25, 0.3) is 22.4 Å². The number of aldehydes is 1. The number of ether oxygens (including phenoxy) is 1. The molecule has 0 aliphatic rings. The Morgan fingerprint density at radius 1 is 0.909 bits per heavy atom. The second-order valence-electron chi connectivity index (χ2n) is 4.83. The molecule has 0 radical (unpaired) electrons. The van der Waals surface area contributed by atoms with Crippen molar-refractivity contribution in [2.45, 2.75) is 0 Å². The molecule has 0 aliphatic heterocycles. The van der Waals surface area contributed by atoms with Crippen LogP contribution in [-0.4, -0.2) is 18.4 Å². The van der Waals surface area contributed by atoms with E-state index in [2.05, 4.69) is 4.98 Å². The zero-order valence-corrected chi connectivity index (χ0v) is 12.2. The number of methoxy groups -OCH3 is 1. The van der Waals surface area contributed by atoms with Crippen LogP contribution in [0.5, 0.6) is 5.88 Å². The number of aromatic nitrogens is 1. The molecule has 0 bridgehead atoms. The summed E-state index contributed by atoms with van der Waals surface area (Å²) in [7, 11) is 1.52. The minimum Gasteiger partial charge on any atom is -0.480 e. The van der Waals surface area contributed by atoms with Crippen LogP contribution >= 0.6 is 0 Å². The smallest absolute Gasteiger partial charge is 0.224 e. The molecule has 0 unspecified atom stereocenters. The predicted octanol–water partition coefficient (Wildman–Crippen LogP) is 4.24. The summed E-state index contributed by atoms with van der Waals surface area (Å²) in [4.78, 5) is 15.9. The van der Waals surface area contributed by atoms with E-state index in [1.54, 1.807) is 0 Å². The summed E-state index contributed by atoms with van der Waals surface area (Å²) in [5, 5.41) is 0. The summed E-state index contributed by atoms with van der Waals surface area (Å²) < 4.78 is 5.25. The van der Waals surface area contributed by atoms with Gasteiger partial charge >= 0.3 is 0 Å². The molecule has 0 N–H and O–H groups in total. The van der Waals surface area contributed by atoms with Crippen LogP contribution in [0.4, 0.5) is 0 Å². The third-order valence-electron chi connectivity index (χ3n) is 3.47. The van der Waals surface area contributed by atoms with Crippen molar-refractivity contribution < 1.29 is 9.53 Å². The van der Waals surface area contributed by atoms with Crippen LogP contribution in [0.15, 0.2) is 66.7 Å². The van der Waals surface area contributed by atoms with Gasteiger partial charge in [0.15, 0.2) is 6.29 Å². The second-order valence-corrected chi connectivity index (χ2v) is 4.83. The standard InChI is InChI=1S/C19H15NO2/c1-22-19-16(13-21)12-17(14-8-4-2-5-9-14)18(20-19)15-10-6-3-7-11-15/h2-13H,1H3. The molecule has 0 saturated heterocycles. The van der Waals surface area contributed by atoms with Crippen molar-refractivity contribution in [2.75, 3.05) is 7.11 Å². The van der Waals surface area contributed by atoms with Crippen molar-refractivity contribution in [2.24, 2.45) is 0 Å². The molecule has 0 spiro atoms. The number of carbonyl (C=O) groups excluding carboxylic acids is 1. The van der Waals surface area contributed by atoms with Crippen molar-refractivity contribution in [3.8, 4) is 28.3 Å².